The van der Waals surface area contributed by atoms with E-state index in [-0.39, 0.29) is 12.6 Å². The van der Waals surface area contributed by atoms with Gasteiger partial charge in [0.1, 0.15) is 18.3 Å². The first kappa shape index (κ1) is 12.2. The Kier molecular flexibility index (Phi) is 4.28. The molecule has 0 aromatic heterocycles. The summed E-state index contributed by atoms with van der Waals surface area (Å²) in [5.74, 6) is -0.0262. The van der Waals surface area contributed by atoms with Crippen LogP contribution < -0.4 is 11.5 Å². The summed E-state index contributed by atoms with van der Waals surface area (Å²) in [6.45, 7) is -0.00799. The molecule has 1 saturated heterocycles. The maximum absolute atomic E-state index is 9.53. The average Bonchev–Trinajstić information content (AvgIpc) is 2.45. The van der Waals surface area contributed by atoms with Crippen molar-refractivity contribution < 1.29 is 20.1 Å². The smallest absolute Gasteiger partial charge is 0.185 e. The van der Waals surface area contributed by atoms with Gasteiger partial charge in [-0.3, -0.25) is 4.99 Å². The molecular weight excluding hydrogens is 202 g/mol. The molecule has 0 aromatic rings. The SMILES string of the molecule is NC(N)=NCC[C@@H]1O[C@H](CO)[C@@H](O)[C@H]1O. The highest BCUT2D eigenvalue weighted by atomic mass is 16.6. The summed E-state index contributed by atoms with van der Waals surface area (Å²) >= 11 is 0. The molecule has 0 amide bonds. The van der Waals surface area contributed by atoms with Crippen LogP contribution in [0.3, 0.4) is 0 Å². The van der Waals surface area contributed by atoms with Gasteiger partial charge in [-0.05, 0) is 6.42 Å². The Hall–Kier alpha value is -0.890. The second kappa shape index (κ2) is 5.26. The molecule has 0 unspecified atom stereocenters. The van der Waals surface area contributed by atoms with E-state index in [9.17, 15) is 10.2 Å². The number of hydrogen-bond donors (Lipinski definition) is 5. The molecule has 0 spiro atoms. The van der Waals surface area contributed by atoms with Gasteiger partial charge in [0.2, 0.25) is 0 Å². The molecular formula is C8H17N3O4. The quantitative estimate of drug-likeness (QED) is 0.255. The number of hydrogen-bond acceptors (Lipinski definition) is 5. The zero-order chi connectivity index (χ0) is 11.4. The Bertz CT molecular complexity index is 232. The van der Waals surface area contributed by atoms with Crippen LogP contribution in [0.2, 0.25) is 0 Å². The Labute approximate surface area is 87.4 Å². The van der Waals surface area contributed by atoms with Crippen molar-refractivity contribution in [3.63, 3.8) is 0 Å². The van der Waals surface area contributed by atoms with Crippen molar-refractivity contribution in [2.24, 2.45) is 16.5 Å². The van der Waals surface area contributed by atoms with Gasteiger partial charge in [0.05, 0.1) is 12.7 Å². The molecule has 7 nitrogen and oxygen atoms in total. The lowest BCUT2D eigenvalue weighted by Gasteiger charge is -2.12. The van der Waals surface area contributed by atoms with Gasteiger partial charge in [0.25, 0.3) is 0 Å². The Morgan fingerprint density at radius 2 is 1.80 bits per heavy atom. The molecule has 7 heteroatoms. The maximum atomic E-state index is 9.53. The summed E-state index contributed by atoms with van der Waals surface area (Å²) in [6, 6.07) is 0. The van der Waals surface area contributed by atoms with E-state index in [1.807, 2.05) is 0 Å². The fourth-order valence-corrected chi connectivity index (χ4v) is 1.54. The molecule has 88 valence electrons. The molecule has 0 radical (unpaired) electrons. The summed E-state index contributed by atoms with van der Waals surface area (Å²) in [7, 11) is 0. The maximum Gasteiger partial charge on any atom is 0.185 e. The highest BCUT2D eigenvalue weighted by Gasteiger charge is 2.41. The van der Waals surface area contributed by atoms with Gasteiger partial charge in [0.15, 0.2) is 5.96 Å². The number of nitrogens with zero attached hydrogens (tertiary/aromatic N) is 1. The van der Waals surface area contributed by atoms with Gasteiger partial charge in [-0.1, -0.05) is 0 Å². The normalized spacial score (nSPS) is 35.4. The number of aliphatic hydroxyl groups is 3. The van der Waals surface area contributed by atoms with Gasteiger partial charge in [-0.15, -0.1) is 0 Å². The number of nitrogens with two attached hydrogens (primary N) is 2. The number of aliphatic imine (C=N–C) groups is 1. The second-order valence-electron chi connectivity index (χ2n) is 3.47. The lowest BCUT2D eigenvalue weighted by molar-refractivity contribution is -0.0232. The lowest BCUT2D eigenvalue weighted by Crippen LogP contribution is -2.34. The fourth-order valence-electron chi connectivity index (χ4n) is 1.54. The van der Waals surface area contributed by atoms with Gasteiger partial charge in [-0.2, -0.15) is 0 Å². The first-order chi connectivity index (χ1) is 7.06. The van der Waals surface area contributed by atoms with E-state index in [1.165, 1.54) is 0 Å². The van der Waals surface area contributed by atoms with E-state index in [4.69, 9.17) is 21.3 Å². The van der Waals surface area contributed by atoms with Crippen LogP contribution in [0.5, 0.6) is 0 Å². The predicted molar refractivity (Wildman–Crippen MR) is 53.1 cm³/mol. The highest BCUT2D eigenvalue weighted by Crippen LogP contribution is 2.23. The highest BCUT2D eigenvalue weighted by molar-refractivity contribution is 5.75. The first-order valence-electron chi connectivity index (χ1n) is 4.74. The Morgan fingerprint density at radius 1 is 1.20 bits per heavy atom. The topological polar surface area (TPSA) is 134 Å². The van der Waals surface area contributed by atoms with E-state index in [2.05, 4.69) is 4.99 Å². The summed E-state index contributed by atoms with van der Waals surface area (Å²) in [4.78, 5) is 3.74. The molecule has 1 heterocycles. The third-order valence-electron chi connectivity index (χ3n) is 2.35. The molecule has 0 aliphatic carbocycles. The summed E-state index contributed by atoms with van der Waals surface area (Å²) in [5, 5.41) is 27.8. The summed E-state index contributed by atoms with van der Waals surface area (Å²) in [5.41, 5.74) is 10.3. The molecule has 4 atom stereocenters. The summed E-state index contributed by atoms with van der Waals surface area (Å²) < 4.78 is 5.22. The van der Waals surface area contributed by atoms with E-state index < -0.39 is 24.4 Å². The third-order valence-corrected chi connectivity index (χ3v) is 2.35. The van der Waals surface area contributed by atoms with E-state index in [0.29, 0.717) is 13.0 Å². The molecule has 0 bridgehead atoms. The largest absolute Gasteiger partial charge is 0.394 e. The second-order valence-corrected chi connectivity index (χ2v) is 3.47. The van der Waals surface area contributed by atoms with Crippen LogP contribution in [0.25, 0.3) is 0 Å². The molecule has 0 saturated carbocycles. The minimum Gasteiger partial charge on any atom is -0.394 e. The van der Waals surface area contributed by atoms with Crippen molar-refractivity contribution in [3.8, 4) is 0 Å². The van der Waals surface area contributed by atoms with Crippen molar-refractivity contribution in [2.75, 3.05) is 13.2 Å². The van der Waals surface area contributed by atoms with Crippen LogP contribution in [0.4, 0.5) is 0 Å². The Balaban J connectivity index is 2.40. The molecule has 15 heavy (non-hydrogen) atoms. The van der Waals surface area contributed by atoms with E-state index in [1.54, 1.807) is 0 Å². The standard InChI is InChI=1S/C8H17N3O4/c9-8(10)11-2-1-4-6(13)7(14)5(3-12)15-4/h4-7,12-14H,1-3H2,(H4,9,10,11)/t4-,5+,6-,7+/m0/s1. The summed E-state index contributed by atoms with van der Waals surface area (Å²) in [6.07, 6.45) is -2.94. The van der Waals surface area contributed by atoms with Crippen molar-refractivity contribution in [1.82, 2.24) is 0 Å². The molecule has 1 fully saturated rings. The van der Waals surface area contributed by atoms with E-state index >= 15 is 0 Å². The van der Waals surface area contributed by atoms with Crippen LogP contribution in [0.15, 0.2) is 4.99 Å². The molecule has 1 aliphatic heterocycles. The predicted octanol–water partition coefficient (Wildman–Crippen LogP) is -2.87. The molecule has 7 N–H and O–H groups in total. The van der Waals surface area contributed by atoms with Gasteiger partial charge in [-0.25, -0.2) is 0 Å². The van der Waals surface area contributed by atoms with Gasteiger partial charge < -0.3 is 31.5 Å². The molecule has 0 aromatic carbocycles. The number of aliphatic hydroxyl groups excluding tert-OH is 3. The zero-order valence-electron chi connectivity index (χ0n) is 8.28. The van der Waals surface area contributed by atoms with Crippen molar-refractivity contribution in [2.45, 2.75) is 30.8 Å². The first-order valence-corrected chi connectivity index (χ1v) is 4.74. The Morgan fingerprint density at radius 3 is 2.27 bits per heavy atom. The lowest BCUT2D eigenvalue weighted by atomic mass is 10.1. The fraction of sp³-hybridized carbons (Fsp3) is 0.875. The van der Waals surface area contributed by atoms with Gasteiger partial charge in [0, 0.05) is 6.54 Å². The van der Waals surface area contributed by atoms with Gasteiger partial charge >= 0.3 is 0 Å². The van der Waals surface area contributed by atoms with Crippen molar-refractivity contribution in [1.29, 1.82) is 0 Å². The minimum atomic E-state index is -1.06. The number of ether oxygens (including phenoxy) is 1. The van der Waals surface area contributed by atoms with Crippen molar-refractivity contribution in [3.05, 3.63) is 0 Å². The average molecular weight is 219 g/mol. The number of guanidine groups is 1. The third kappa shape index (κ3) is 3.03. The van der Waals surface area contributed by atoms with Crippen molar-refractivity contribution >= 4 is 5.96 Å². The minimum absolute atomic E-state index is 0.0262. The van der Waals surface area contributed by atoms with Crippen LogP contribution in [-0.2, 0) is 4.74 Å². The zero-order valence-corrected chi connectivity index (χ0v) is 8.28. The monoisotopic (exact) mass is 219 g/mol. The molecule has 1 rings (SSSR count). The van der Waals surface area contributed by atoms with Crippen LogP contribution in [0, 0.1) is 0 Å². The number of rotatable bonds is 4. The molecule has 1 aliphatic rings. The van der Waals surface area contributed by atoms with E-state index in [0.717, 1.165) is 0 Å². The van der Waals surface area contributed by atoms with Crippen LogP contribution in [0.1, 0.15) is 6.42 Å². The van der Waals surface area contributed by atoms with Crippen LogP contribution in [-0.4, -0.2) is 58.8 Å². The van der Waals surface area contributed by atoms with Crippen LogP contribution >= 0.6 is 0 Å².